The van der Waals surface area contributed by atoms with Crippen LogP contribution in [-0.2, 0) is 0 Å². The quantitative estimate of drug-likeness (QED) is 0.720. The monoisotopic (exact) mass is 253 g/mol. The molecule has 1 aliphatic heterocycles. The molecule has 14 heavy (non-hydrogen) atoms. The van der Waals surface area contributed by atoms with Crippen molar-refractivity contribution in [2.45, 2.75) is 12.8 Å². The van der Waals surface area contributed by atoms with E-state index in [4.69, 9.17) is 0 Å². The van der Waals surface area contributed by atoms with E-state index in [2.05, 4.69) is 37.4 Å². The number of aromatic nitrogens is 2. The van der Waals surface area contributed by atoms with E-state index in [1.807, 2.05) is 0 Å². The third-order valence-electron chi connectivity index (χ3n) is 2.26. The number of halogens is 1. The molecule has 1 saturated heterocycles. The van der Waals surface area contributed by atoms with Crippen LogP contribution in [0, 0.1) is 0 Å². The van der Waals surface area contributed by atoms with Crippen LogP contribution in [0.25, 0.3) is 0 Å². The maximum Gasteiger partial charge on any atom is 0.225 e. The van der Waals surface area contributed by atoms with E-state index in [0.29, 0.717) is 0 Å². The second-order valence-electron chi connectivity index (χ2n) is 3.48. The summed E-state index contributed by atoms with van der Waals surface area (Å²) in [6.07, 6.45) is 5.84. The lowest BCUT2D eigenvalue weighted by atomic mass is 10.1. The Morgan fingerprint density at radius 1 is 1.36 bits per heavy atom. The molecule has 0 saturated carbocycles. The van der Waals surface area contributed by atoms with Crippen molar-refractivity contribution in [1.29, 1.82) is 0 Å². The Morgan fingerprint density at radius 2 is 2.07 bits per heavy atom. The van der Waals surface area contributed by atoms with Crippen LogP contribution in [0.1, 0.15) is 12.8 Å². The molecular weight excluding hydrogens is 242 g/mol. The Bertz CT molecular complexity index is 334. The standard InChI is InChI=1S/C10H12BrN3/c1-8-3-2-4-14(7-8)10-12-5-9(11)6-13-10/h5-6H,1-4,7H2. The van der Waals surface area contributed by atoms with Gasteiger partial charge in [0.2, 0.25) is 5.95 Å². The van der Waals surface area contributed by atoms with Gasteiger partial charge in [-0.25, -0.2) is 9.97 Å². The van der Waals surface area contributed by atoms with Crippen molar-refractivity contribution < 1.29 is 0 Å². The molecule has 4 heteroatoms. The summed E-state index contributed by atoms with van der Waals surface area (Å²) in [4.78, 5) is 10.7. The lowest BCUT2D eigenvalue weighted by Crippen LogP contribution is -2.32. The first-order valence-corrected chi connectivity index (χ1v) is 5.44. The second kappa shape index (κ2) is 4.09. The van der Waals surface area contributed by atoms with E-state index in [1.165, 1.54) is 5.57 Å². The number of hydrogen-bond acceptors (Lipinski definition) is 3. The van der Waals surface area contributed by atoms with Crippen LogP contribution in [0.3, 0.4) is 0 Å². The first-order valence-electron chi connectivity index (χ1n) is 4.65. The summed E-state index contributed by atoms with van der Waals surface area (Å²) in [5.41, 5.74) is 1.27. The molecule has 74 valence electrons. The molecule has 0 bridgehead atoms. The first-order chi connectivity index (χ1) is 6.75. The maximum absolute atomic E-state index is 4.26. The molecule has 0 unspecified atom stereocenters. The van der Waals surface area contributed by atoms with E-state index >= 15 is 0 Å². The molecule has 1 aliphatic rings. The number of piperidine rings is 1. The Hall–Kier alpha value is -0.900. The largest absolute Gasteiger partial charge is 0.337 e. The van der Waals surface area contributed by atoms with Crippen molar-refractivity contribution in [3.63, 3.8) is 0 Å². The SMILES string of the molecule is C=C1CCCN(c2ncc(Br)cn2)C1. The zero-order valence-corrected chi connectivity index (χ0v) is 9.50. The third kappa shape index (κ3) is 2.12. The topological polar surface area (TPSA) is 29.0 Å². The molecule has 0 N–H and O–H groups in total. The Balaban J connectivity index is 2.14. The molecular formula is C10H12BrN3. The fraction of sp³-hybridized carbons (Fsp3) is 0.400. The molecule has 0 radical (unpaired) electrons. The van der Waals surface area contributed by atoms with Gasteiger partial charge in [0.05, 0.1) is 4.47 Å². The average molecular weight is 254 g/mol. The van der Waals surface area contributed by atoms with E-state index in [0.717, 1.165) is 36.4 Å². The van der Waals surface area contributed by atoms with Gasteiger partial charge in [-0.15, -0.1) is 0 Å². The van der Waals surface area contributed by atoms with E-state index in [-0.39, 0.29) is 0 Å². The summed E-state index contributed by atoms with van der Waals surface area (Å²) < 4.78 is 0.914. The van der Waals surface area contributed by atoms with Gasteiger partial charge in [0.25, 0.3) is 0 Å². The fourth-order valence-electron chi connectivity index (χ4n) is 1.59. The molecule has 0 aromatic carbocycles. The van der Waals surface area contributed by atoms with Crippen molar-refractivity contribution in [2.75, 3.05) is 18.0 Å². The summed E-state index contributed by atoms with van der Waals surface area (Å²) in [5.74, 6) is 0.800. The predicted molar refractivity (Wildman–Crippen MR) is 60.3 cm³/mol. The number of nitrogens with zero attached hydrogens (tertiary/aromatic N) is 3. The molecule has 0 spiro atoms. The molecule has 3 nitrogen and oxygen atoms in total. The van der Waals surface area contributed by atoms with Crippen LogP contribution in [0.5, 0.6) is 0 Å². The van der Waals surface area contributed by atoms with E-state index in [9.17, 15) is 0 Å². The Morgan fingerprint density at radius 3 is 2.71 bits per heavy atom. The van der Waals surface area contributed by atoms with Crippen molar-refractivity contribution in [3.05, 3.63) is 29.0 Å². The molecule has 2 rings (SSSR count). The molecule has 0 amide bonds. The summed E-state index contributed by atoms with van der Waals surface area (Å²) in [6.45, 7) is 5.92. The smallest absolute Gasteiger partial charge is 0.225 e. The van der Waals surface area contributed by atoms with Gasteiger partial charge < -0.3 is 4.90 Å². The lowest BCUT2D eigenvalue weighted by molar-refractivity contribution is 0.663. The van der Waals surface area contributed by atoms with Crippen molar-refractivity contribution >= 4 is 21.9 Å². The van der Waals surface area contributed by atoms with E-state index < -0.39 is 0 Å². The molecule has 1 fully saturated rings. The highest BCUT2D eigenvalue weighted by Crippen LogP contribution is 2.18. The number of rotatable bonds is 1. The van der Waals surface area contributed by atoms with Crippen LogP contribution >= 0.6 is 15.9 Å². The van der Waals surface area contributed by atoms with Crippen LogP contribution in [0.4, 0.5) is 5.95 Å². The minimum Gasteiger partial charge on any atom is -0.337 e. The van der Waals surface area contributed by atoms with Gasteiger partial charge in [-0.1, -0.05) is 12.2 Å². The zero-order chi connectivity index (χ0) is 9.97. The normalized spacial score (nSPS) is 17.2. The van der Waals surface area contributed by atoms with Crippen LogP contribution in [0.2, 0.25) is 0 Å². The molecule has 1 aromatic rings. The highest BCUT2D eigenvalue weighted by atomic mass is 79.9. The van der Waals surface area contributed by atoms with Gasteiger partial charge in [-0.2, -0.15) is 0 Å². The van der Waals surface area contributed by atoms with Crippen molar-refractivity contribution in [3.8, 4) is 0 Å². The Labute approximate surface area is 92.0 Å². The van der Waals surface area contributed by atoms with Gasteiger partial charge in [0.15, 0.2) is 0 Å². The van der Waals surface area contributed by atoms with Gasteiger partial charge >= 0.3 is 0 Å². The summed E-state index contributed by atoms with van der Waals surface area (Å²) in [6, 6.07) is 0. The second-order valence-corrected chi connectivity index (χ2v) is 4.39. The predicted octanol–water partition coefficient (Wildman–Crippen LogP) is 2.40. The Kier molecular flexibility index (Phi) is 2.82. The van der Waals surface area contributed by atoms with Gasteiger partial charge in [0.1, 0.15) is 0 Å². The van der Waals surface area contributed by atoms with Gasteiger partial charge in [0, 0.05) is 25.5 Å². The summed E-state index contributed by atoms with van der Waals surface area (Å²) in [7, 11) is 0. The van der Waals surface area contributed by atoms with Crippen LogP contribution < -0.4 is 4.90 Å². The minimum absolute atomic E-state index is 0.800. The zero-order valence-electron chi connectivity index (χ0n) is 7.91. The first kappa shape index (κ1) is 9.65. The molecule has 0 aliphatic carbocycles. The van der Waals surface area contributed by atoms with Crippen molar-refractivity contribution in [2.24, 2.45) is 0 Å². The van der Waals surface area contributed by atoms with E-state index in [1.54, 1.807) is 12.4 Å². The minimum atomic E-state index is 0.800. The molecule has 0 atom stereocenters. The fourth-order valence-corrected chi connectivity index (χ4v) is 1.79. The maximum atomic E-state index is 4.26. The highest BCUT2D eigenvalue weighted by Gasteiger charge is 2.14. The highest BCUT2D eigenvalue weighted by molar-refractivity contribution is 9.10. The molecule has 1 aromatic heterocycles. The average Bonchev–Trinajstić information content (AvgIpc) is 2.19. The number of hydrogen-bond donors (Lipinski definition) is 0. The third-order valence-corrected chi connectivity index (χ3v) is 2.67. The lowest BCUT2D eigenvalue weighted by Gasteiger charge is -2.27. The van der Waals surface area contributed by atoms with Crippen LogP contribution in [0.15, 0.2) is 29.0 Å². The summed E-state index contributed by atoms with van der Waals surface area (Å²) >= 11 is 3.32. The van der Waals surface area contributed by atoms with Crippen LogP contribution in [-0.4, -0.2) is 23.1 Å². The van der Waals surface area contributed by atoms with Gasteiger partial charge in [-0.05, 0) is 28.8 Å². The summed E-state index contributed by atoms with van der Waals surface area (Å²) in [5, 5.41) is 0. The van der Waals surface area contributed by atoms with Crippen molar-refractivity contribution in [1.82, 2.24) is 9.97 Å². The number of anilines is 1. The molecule has 2 heterocycles. The van der Waals surface area contributed by atoms with Gasteiger partial charge in [-0.3, -0.25) is 0 Å².